The van der Waals surface area contributed by atoms with E-state index in [9.17, 15) is 13.6 Å². The molecule has 2 nitrogen and oxygen atoms in total. The van der Waals surface area contributed by atoms with E-state index in [-0.39, 0.29) is 17.1 Å². The maximum Gasteiger partial charge on any atom is 0.387 e. The molecule has 1 aromatic heterocycles. The minimum absolute atomic E-state index is 0.0984. The molecule has 0 saturated carbocycles. The zero-order valence-corrected chi connectivity index (χ0v) is 9.42. The molecule has 2 rings (SSSR count). The van der Waals surface area contributed by atoms with Crippen LogP contribution in [0.2, 0.25) is 0 Å². The van der Waals surface area contributed by atoms with Crippen LogP contribution >= 0.6 is 11.3 Å². The Morgan fingerprint density at radius 2 is 2.00 bits per heavy atom. The summed E-state index contributed by atoms with van der Waals surface area (Å²) in [4.78, 5) is 12.0. The van der Waals surface area contributed by atoms with Crippen molar-refractivity contribution in [2.45, 2.75) is 6.61 Å². The standard InChI is InChI=1S/C12H8F2O2S/c13-12(14)16-10-4-2-1-3-9(10)11(15)8-5-6-17-7-8/h1-7,12H. The minimum Gasteiger partial charge on any atom is -0.434 e. The van der Waals surface area contributed by atoms with Gasteiger partial charge in [0.1, 0.15) is 5.75 Å². The maximum atomic E-state index is 12.2. The lowest BCUT2D eigenvalue weighted by Gasteiger charge is -2.08. The predicted molar refractivity (Wildman–Crippen MR) is 60.8 cm³/mol. The smallest absolute Gasteiger partial charge is 0.387 e. The van der Waals surface area contributed by atoms with Gasteiger partial charge in [-0.15, -0.1) is 0 Å². The normalized spacial score (nSPS) is 10.5. The van der Waals surface area contributed by atoms with Gasteiger partial charge >= 0.3 is 6.61 Å². The summed E-state index contributed by atoms with van der Waals surface area (Å²) >= 11 is 1.37. The fourth-order valence-corrected chi connectivity index (χ4v) is 2.04. The summed E-state index contributed by atoms with van der Waals surface area (Å²) in [6.45, 7) is -2.94. The van der Waals surface area contributed by atoms with Crippen molar-refractivity contribution in [3.63, 3.8) is 0 Å². The molecule has 0 unspecified atom stereocenters. The Hall–Kier alpha value is -1.75. The van der Waals surface area contributed by atoms with Crippen LogP contribution in [-0.4, -0.2) is 12.4 Å². The van der Waals surface area contributed by atoms with Crippen molar-refractivity contribution in [3.05, 3.63) is 52.2 Å². The average Bonchev–Trinajstić information content (AvgIpc) is 2.81. The highest BCUT2D eigenvalue weighted by Crippen LogP contribution is 2.23. The summed E-state index contributed by atoms with van der Waals surface area (Å²) in [6, 6.07) is 7.62. The number of benzene rings is 1. The van der Waals surface area contributed by atoms with Gasteiger partial charge in [0.05, 0.1) is 5.56 Å². The molecule has 1 heterocycles. The summed E-state index contributed by atoms with van der Waals surface area (Å²) in [5, 5.41) is 3.42. The van der Waals surface area contributed by atoms with E-state index in [1.165, 1.54) is 23.5 Å². The summed E-state index contributed by atoms with van der Waals surface area (Å²) < 4.78 is 28.7. The SMILES string of the molecule is O=C(c1ccsc1)c1ccccc1OC(F)F. The molecule has 0 atom stereocenters. The second-order valence-electron chi connectivity index (χ2n) is 3.22. The fraction of sp³-hybridized carbons (Fsp3) is 0.0833. The first kappa shape index (κ1) is 11.7. The van der Waals surface area contributed by atoms with Gasteiger partial charge in [0.25, 0.3) is 0 Å². The van der Waals surface area contributed by atoms with E-state index in [1.807, 2.05) is 0 Å². The Bertz CT molecular complexity index is 509. The Morgan fingerprint density at radius 1 is 1.24 bits per heavy atom. The van der Waals surface area contributed by atoms with Gasteiger partial charge in [0, 0.05) is 10.9 Å². The summed E-state index contributed by atoms with van der Waals surface area (Å²) in [5.74, 6) is -0.416. The fourth-order valence-electron chi connectivity index (χ4n) is 1.40. The van der Waals surface area contributed by atoms with Gasteiger partial charge in [0.15, 0.2) is 5.78 Å². The second-order valence-corrected chi connectivity index (χ2v) is 4.00. The molecule has 0 bridgehead atoms. The molecular weight excluding hydrogens is 246 g/mol. The zero-order chi connectivity index (χ0) is 12.3. The first-order chi connectivity index (χ1) is 8.18. The summed E-state index contributed by atoms with van der Waals surface area (Å²) in [5.41, 5.74) is 0.617. The van der Waals surface area contributed by atoms with E-state index in [1.54, 1.807) is 29.0 Å². The number of halogens is 2. The van der Waals surface area contributed by atoms with E-state index in [2.05, 4.69) is 4.74 Å². The third-order valence-electron chi connectivity index (χ3n) is 2.13. The van der Waals surface area contributed by atoms with E-state index in [0.717, 1.165) is 0 Å². The Labute approximate surface area is 100 Å². The number of para-hydroxylation sites is 1. The van der Waals surface area contributed by atoms with Gasteiger partial charge in [-0.2, -0.15) is 20.1 Å². The molecule has 0 saturated heterocycles. The van der Waals surface area contributed by atoms with Crippen molar-refractivity contribution >= 4 is 17.1 Å². The van der Waals surface area contributed by atoms with Gasteiger partial charge in [-0.3, -0.25) is 4.79 Å². The number of hydrogen-bond donors (Lipinski definition) is 0. The van der Waals surface area contributed by atoms with Crippen LogP contribution in [0.1, 0.15) is 15.9 Å². The van der Waals surface area contributed by atoms with Crippen LogP contribution in [-0.2, 0) is 0 Å². The number of thiophene rings is 1. The van der Waals surface area contributed by atoms with Crippen molar-refractivity contribution in [1.29, 1.82) is 0 Å². The highest BCUT2D eigenvalue weighted by molar-refractivity contribution is 7.08. The van der Waals surface area contributed by atoms with Gasteiger partial charge in [-0.05, 0) is 23.6 Å². The van der Waals surface area contributed by atoms with Crippen LogP contribution in [0.4, 0.5) is 8.78 Å². The van der Waals surface area contributed by atoms with Crippen LogP contribution in [0.3, 0.4) is 0 Å². The number of carbonyl (C=O) groups is 1. The molecule has 88 valence electrons. The molecule has 1 aromatic carbocycles. The molecule has 0 aliphatic heterocycles. The third-order valence-corrected chi connectivity index (χ3v) is 2.81. The highest BCUT2D eigenvalue weighted by atomic mass is 32.1. The molecule has 0 fully saturated rings. The largest absolute Gasteiger partial charge is 0.434 e. The van der Waals surface area contributed by atoms with Gasteiger partial charge in [0.2, 0.25) is 0 Å². The van der Waals surface area contributed by atoms with Crippen molar-refractivity contribution in [1.82, 2.24) is 0 Å². The number of ketones is 1. The van der Waals surface area contributed by atoms with E-state index >= 15 is 0 Å². The number of hydrogen-bond acceptors (Lipinski definition) is 3. The van der Waals surface area contributed by atoms with Crippen LogP contribution in [0, 0.1) is 0 Å². The van der Waals surface area contributed by atoms with Crippen LogP contribution in [0.5, 0.6) is 5.75 Å². The van der Waals surface area contributed by atoms with Crippen LogP contribution in [0.15, 0.2) is 41.1 Å². The van der Waals surface area contributed by atoms with Gasteiger partial charge < -0.3 is 4.74 Å². The lowest BCUT2D eigenvalue weighted by molar-refractivity contribution is -0.0501. The minimum atomic E-state index is -2.94. The molecule has 0 aliphatic rings. The average molecular weight is 254 g/mol. The molecular formula is C12H8F2O2S. The Balaban J connectivity index is 2.35. The van der Waals surface area contributed by atoms with Crippen LogP contribution < -0.4 is 4.74 Å². The maximum absolute atomic E-state index is 12.2. The predicted octanol–water partition coefficient (Wildman–Crippen LogP) is 3.58. The van der Waals surface area contributed by atoms with E-state index in [4.69, 9.17) is 0 Å². The highest BCUT2D eigenvalue weighted by Gasteiger charge is 2.16. The van der Waals surface area contributed by atoms with Gasteiger partial charge in [-0.25, -0.2) is 0 Å². The van der Waals surface area contributed by atoms with Crippen molar-refractivity contribution in [2.24, 2.45) is 0 Å². The number of carbonyl (C=O) groups excluding carboxylic acids is 1. The molecule has 17 heavy (non-hydrogen) atoms. The summed E-state index contributed by atoms with van der Waals surface area (Å²) in [7, 11) is 0. The lowest BCUT2D eigenvalue weighted by Crippen LogP contribution is -2.08. The monoisotopic (exact) mass is 254 g/mol. The van der Waals surface area contributed by atoms with Crippen LogP contribution in [0.25, 0.3) is 0 Å². The zero-order valence-electron chi connectivity index (χ0n) is 8.60. The quantitative estimate of drug-likeness (QED) is 0.779. The van der Waals surface area contributed by atoms with Gasteiger partial charge in [-0.1, -0.05) is 12.1 Å². The molecule has 2 aromatic rings. The Kier molecular flexibility index (Phi) is 3.49. The summed E-state index contributed by atoms with van der Waals surface area (Å²) in [6.07, 6.45) is 0. The molecule has 0 radical (unpaired) electrons. The number of rotatable bonds is 4. The topological polar surface area (TPSA) is 26.3 Å². The number of alkyl halides is 2. The molecule has 5 heteroatoms. The first-order valence-electron chi connectivity index (χ1n) is 4.79. The molecule has 0 aliphatic carbocycles. The second kappa shape index (κ2) is 5.05. The van der Waals surface area contributed by atoms with E-state index in [0.29, 0.717) is 5.56 Å². The van der Waals surface area contributed by atoms with Crippen molar-refractivity contribution < 1.29 is 18.3 Å². The lowest BCUT2D eigenvalue weighted by atomic mass is 10.1. The molecule has 0 spiro atoms. The third kappa shape index (κ3) is 2.68. The van der Waals surface area contributed by atoms with Crippen molar-refractivity contribution in [2.75, 3.05) is 0 Å². The van der Waals surface area contributed by atoms with Crippen molar-refractivity contribution in [3.8, 4) is 5.75 Å². The number of ether oxygens (including phenoxy) is 1. The van der Waals surface area contributed by atoms with E-state index < -0.39 is 6.61 Å². The Morgan fingerprint density at radius 3 is 2.65 bits per heavy atom. The molecule has 0 amide bonds. The first-order valence-corrected chi connectivity index (χ1v) is 5.73. The molecule has 0 N–H and O–H groups in total.